The Balaban J connectivity index is 2.70. The van der Waals surface area contributed by atoms with E-state index in [0.29, 0.717) is 12.5 Å². The molecule has 0 aromatic rings. The summed E-state index contributed by atoms with van der Waals surface area (Å²) in [6, 6.07) is -0.175. The maximum Gasteiger partial charge on any atom is 0.408 e. The van der Waals surface area contributed by atoms with Gasteiger partial charge in [-0.2, -0.15) is 0 Å². The quantitative estimate of drug-likeness (QED) is 0.554. The molecule has 1 saturated carbocycles. The minimum absolute atomic E-state index is 0.143. The first-order valence-electron chi connectivity index (χ1n) is 8.55. The fourth-order valence-corrected chi connectivity index (χ4v) is 2.95. The lowest BCUT2D eigenvalue weighted by molar-refractivity contribution is 0.0495. The molecule has 4 nitrogen and oxygen atoms in total. The fourth-order valence-electron chi connectivity index (χ4n) is 1.94. The Hall–Kier alpha value is -0.813. The van der Waals surface area contributed by atoms with Gasteiger partial charge in [0.15, 0.2) is 8.32 Å². The van der Waals surface area contributed by atoms with Crippen LogP contribution in [0.5, 0.6) is 0 Å². The lowest BCUT2D eigenvalue weighted by Gasteiger charge is -2.37. The second-order valence-corrected chi connectivity index (χ2v) is 13.9. The average Bonchev–Trinajstić information content (AvgIpc) is 3.13. The van der Waals surface area contributed by atoms with Crippen molar-refractivity contribution < 1.29 is 14.0 Å². The Labute approximate surface area is 143 Å². The van der Waals surface area contributed by atoms with E-state index >= 15 is 0 Å². The molecule has 1 fully saturated rings. The van der Waals surface area contributed by atoms with Gasteiger partial charge in [0.25, 0.3) is 0 Å². The first-order chi connectivity index (χ1) is 10.2. The number of hydrogen-bond acceptors (Lipinski definition) is 3. The minimum Gasteiger partial charge on any atom is -0.444 e. The van der Waals surface area contributed by atoms with Gasteiger partial charge in [0.1, 0.15) is 5.60 Å². The molecule has 0 radical (unpaired) electrons. The van der Waals surface area contributed by atoms with Crippen molar-refractivity contribution in [2.24, 2.45) is 5.92 Å². The van der Waals surface area contributed by atoms with Gasteiger partial charge in [0.2, 0.25) is 0 Å². The monoisotopic (exact) mass is 341 g/mol. The molecule has 1 rings (SSSR count). The summed E-state index contributed by atoms with van der Waals surface area (Å²) in [6.45, 7) is 21.3. The van der Waals surface area contributed by atoms with Gasteiger partial charge < -0.3 is 14.5 Å². The number of carbonyl (C=O) groups excluding carboxylic acids is 1. The standard InChI is InChI=1S/C18H35NO3Si/c1-13(14-10-11-14)15(19-16(20)22-17(2,3)4)12-21-23(8,9)18(5,6)7/h14-15H,1,10-12H2,2-9H3,(H,19,20). The molecule has 5 heteroatoms. The summed E-state index contributed by atoms with van der Waals surface area (Å²) in [4.78, 5) is 12.1. The number of nitrogens with one attached hydrogen (secondary N) is 1. The molecule has 1 atom stereocenters. The Morgan fingerprint density at radius 1 is 1.22 bits per heavy atom. The molecule has 1 unspecified atom stereocenters. The maximum absolute atomic E-state index is 12.1. The smallest absolute Gasteiger partial charge is 0.408 e. The highest BCUT2D eigenvalue weighted by molar-refractivity contribution is 6.74. The summed E-state index contributed by atoms with van der Waals surface area (Å²) < 4.78 is 11.7. The molecule has 1 amide bonds. The van der Waals surface area contributed by atoms with Gasteiger partial charge in [-0.1, -0.05) is 27.4 Å². The van der Waals surface area contributed by atoms with Gasteiger partial charge in [0, 0.05) is 0 Å². The van der Waals surface area contributed by atoms with Crippen molar-refractivity contribution in [3.05, 3.63) is 12.2 Å². The summed E-state index contributed by atoms with van der Waals surface area (Å²) in [7, 11) is -1.86. The molecule has 23 heavy (non-hydrogen) atoms. The average molecular weight is 342 g/mol. The Morgan fingerprint density at radius 3 is 2.13 bits per heavy atom. The number of alkyl carbamates (subject to hydrolysis) is 1. The van der Waals surface area contributed by atoms with Crippen molar-refractivity contribution in [1.82, 2.24) is 5.32 Å². The van der Waals surface area contributed by atoms with E-state index in [1.165, 1.54) is 0 Å². The van der Waals surface area contributed by atoms with E-state index in [1.807, 2.05) is 20.8 Å². The second kappa shape index (κ2) is 6.97. The number of ether oxygens (including phenoxy) is 1. The topological polar surface area (TPSA) is 47.6 Å². The van der Waals surface area contributed by atoms with Gasteiger partial charge in [0.05, 0.1) is 12.6 Å². The number of carbonyl (C=O) groups is 1. The van der Waals surface area contributed by atoms with Crippen LogP contribution in [-0.2, 0) is 9.16 Å². The van der Waals surface area contributed by atoms with Crippen molar-refractivity contribution in [3.63, 3.8) is 0 Å². The van der Waals surface area contributed by atoms with Crippen LogP contribution in [0.4, 0.5) is 4.79 Å². The summed E-state index contributed by atoms with van der Waals surface area (Å²) in [5, 5.41) is 3.10. The summed E-state index contributed by atoms with van der Waals surface area (Å²) in [5.74, 6) is 0.512. The highest BCUT2D eigenvalue weighted by atomic mass is 28.4. The van der Waals surface area contributed by atoms with Crippen molar-refractivity contribution in [2.75, 3.05) is 6.61 Å². The molecule has 134 valence electrons. The Bertz CT molecular complexity index is 442. The molecule has 0 bridgehead atoms. The van der Waals surface area contributed by atoms with Crippen molar-refractivity contribution in [1.29, 1.82) is 0 Å². The molecule has 0 aliphatic heterocycles. The van der Waals surface area contributed by atoms with E-state index in [0.717, 1.165) is 18.4 Å². The van der Waals surface area contributed by atoms with Crippen LogP contribution < -0.4 is 5.32 Å². The van der Waals surface area contributed by atoms with E-state index in [4.69, 9.17) is 9.16 Å². The number of hydrogen-bond donors (Lipinski definition) is 1. The lowest BCUT2D eigenvalue weighted by atomic mass is 10.1. The van der Waals surface area contributed by atoms with Gasteiger partial charge in [-0.25, -0.2) is 4.79 Å². The predicted molar refractivity (Wildman–Crippen MR) is 98.2 cm³/mol. The van der Waals surface area contributed by atoms with Crippen LogP contribution in [-0.4, -0.2) is 32.7 Å². The zero-order chi connectivity index (χ0) is 18.1. The van der Waals surface area contributed by atoms with E-state index in [2.05, 4.69) is 45.8 Å². The third-order valence-corrected chi connectivity index (χ3v) is 9.16. The Kier molecular flexibility index (Phi) is 6.13. The van der Waals surface area contributed by atoms with Crippen molar-refractivity contribution in [3.8, 4) is 0 Å². The van der Waals surface area contributed by atoms with Gasteiger partial charge in [-0.3, -0.25) is 0 Å². The van der Waals surface area contributed by atoms with Crippen LogP contribution in [0.3, 0.4) is 0 Å². The molecular weight excluding hydrogens is 306 g/mol. The fraction of sp³-hybridized carbons (Fsp3) is 0.833. The first-order valence-corrected chi connectivity index (χ1v) is 11.5. The molecule has 1 aliphatic rings. The third-order valence-electron chi connectivity index (χ3n) is 4.66. The molecule has 1 N–H and O–H groups in total. The largest absolute Gasteiger partial charge is 0.444 e. The third kappa shape index (κ3) is 6.67. The molecule has 0 spiro atoms. The summed E-state index contributed by atoms with van der Waals surface area (Å²) in [6.07, 6.45) is 1.92. The van der Waals surface area contributed by atoms with Crippen LogP contribution in [0, 0.1) is 5.92 Å². The summed E-state index contributed by atoms with van der Waals surface area (Å²) in [5.41, 5.74) is 0.560. The molecule has 0 heterocycles. The zero-order valence-corrected chi connectivity index (χ0v) is 17.2. The molecule has 0 saturated heterocycles. The van der Waals surface area contributed by atoms with E-state index in [9.17, 15) is 4.79 Å². The number of amides is 1. The van der Waals surface area contributed by atoms with Crippen molar-refractivity contribution in [2.45, 2.75) is 84.2 Å². The number of rotatable bonds is 6. The van der Waals surface area contributed by atoms with Gasteiger partial charge >= 0.3 is 6.09 Å². The highest BCUT2D eigenvalue weighted by Crippen LogP contribution is 2.39. The van der Waals surface area contributed by atoms with Crippen molar-refractivity contribution >= 4 is 14.4 Å². The van der Waals surface area contributed by atoms with E-state index in [-0.39, 0.29) is 11.1 Å². The molecule has 0 aromatic heterocycles. The molecule has 0 aromatic carbocycles. The molecular formula is C18H35NO3Si. The second-order valence-electron chi connectivity index (χ2n) is 9.12. The SMILES string of the molecule is C=C(C1CC1)C(CO[Si](C)(C)C(C)(C)C)NC(=O)OC(C)(C)C. The lowest BCUT2D eigenvalue weighted by Crippen LogP contribution is -2.48. The predicted octanol–water partition coefficient (Wildman–Crippen LogP) is 4.87. The van der Waals surface area contributed by atoms with Crippen LogP contribution in [0.15, 0.2) is 12.2 Å². The maximum atomic E-state index is 12.1. The first kappa shape index (κ1) is 20.2. The zero-order valence-electron chi connectivity index (χ0n) is 16.2. The van der Waals surface area contributed by atoms with Gasteiger partial charge in [-0.05, 0) is 63.2 Å². The summed E-state index contributed by atoms with van der Waals surface area (Å²) >= 11 is 0. The minimum atomic E-state index is -1.86. The van der Waals surface area contributed by atoms with Gasteiger partial charge in [-0.15, -0.1) is 0 Å². The molecule has 1 aliphatic carbocycles. The highest BCUT2D eigenvalue weighted by Gasteiger charge is 2.39. The Morgan fingerprint density at radius 2 is 1.74 bits per heavy atom. The van der Waals surface area contributed by atoms with Crippen LogP contribution in [0.1, 0.15) is 54.4 Å². The van der Waals surface area contributed by atoms with Crippen LogP contribution in [0.2, 0.25) is 18.1 Å². The van der Waals surface area contributed by atoms with Crippen LogP contribution >= 0.6 is 0 Å². The van der Waals surface area contributed by atoms with E-state index < -0.39 is 20.0 Å². The van der Waals surface area contributed by atoms with Crippen LogP contribution in [0.25, 0.3) is 0 Å². The van der Waals surface area contributed by atoms with E-state index in [1.54, 1.807) is 0 Å². The normalized spacial score (nSPS) is 17.6.